The van der Waals surface area contributed by atoms with Crippen molar-refractivity contribution >= 4 is 8.32 Å². The zero-order valence-corrected chi connectivity index (χ0v) is 14.6. The van der Waals surface area contributed by atoms with Gasteiger partial charge in [-0.25, -0.2) is 0 Å². The highest BCUT2D eigenvalue weighted by atomic mass is 28.4. The maximum atomic E-state index is 6.41. The normalized spacial score (nSPS) is 31.8. The van der Waals surface area contributed by atoms with E-state index >= 15 is 0 Å². The Balaban J connectivity index is 1.79. The van der Waals surface area contributed by atoms with Gasteiger partial charge in [-0.3, -0.25) is 0 Å². The summed E-state index contributed by atoms with van der Waals surface area (Å²) in [7, 11) is -1.69. The molecule has 0 radical (unpaired) electrons. The van der Waals surface area contributed by atoms with E-state index in [9.17, 15) is 0 Å². The van der Waals surface area contributed by atoms with Crippen LogP contribution in [0.5, 0.6) is 0 Å². The van der Waals surface area contributed by atoms with Crippen LogP contribution in [0.25, 0.3) is 0 Å². The lowest BCUT2D eigenvalue weighted by atomic mass is 10.2. The average Bonchev–Trinajstić information content (AvgIpc) is 2.75. The van der Waals surface area contributed by atoms with Crippen molar-refractivity contribution in [3.63, 3.8) is 0 Å². The van der Waals surface area contributed by atoms with Gasteiger partial charge in [0.1, 0.15) is 0 Å². The first-order valence-corrected chi connectivity index (χ1v) is 10.8. The summed E-state index contributed by atoms with van der Waals surface area (Å²) >= 11 is 0. The Morgan fingerprint density at radius 1 is 1.10 bits per heavy atom. The van der Waals surface area contributed by atoms with Gasteiger partial charge in [0.15, 0.2) is 14.6 Å². The van der Waals surface area contributed by atoms with E-state index in [0.717, 1.165) is 25.9 Å². The van der Waals surface area contributed by atoms with Crippen molar-refractivity contribution in [2.45, 2.75) is 83.1 Å². The van der Waals surface area contributed by atoms with Crippen LogP contribution in [0.2, 0.25) is 18.1 Å². The average molecular weight is 298 g/mol. The predicted octanol–water partition coefficient (Wildman–Crippen LogP) is 4.25. The zero-order valence-electron chi connectivity index (χ0n) is 13.6. The molecule has 1 saturated heterocycles. The van der Waals surface area contributed by atoms with Crippen molar-refractivity contribution in [3.05, 3.63) is 12.2 Å². The van der Waals surface area contributed by atoms with Crippen LogP contribution in [-0.2, 0) is 13.9 Å². The lowest BCUT2D eigenvalue weighted by molar-refractivity contribution is -0.179. The molecule has 4 heteroatoms. The van der Waals surface area contributed by atoms with E-state index in [1.54, 1.807) is 0 Å². The smallest absolute Gasteiger partial charge is 0.192 e. The molecule has 20 heavy (non-hydrogen) atoms. The zero-order chi connectivity index (χ0) is 14.8. The van der Waals surface area contributed by atoms with E-state index in [0.29, 0.717) is 0 Å². The van der Waals surface area contributed by atoms with Gasteiger partial charge in [0.2, 0.25) is 0 Å². The lowest BCUT2D eigenvalue weighted by Gasteiger charge is -2.38. The first-order valence-electron chi connectivity index (χ1n) is 7.91. The second kappa shape index (κ2) is 6.30. The highest BCUT2D eigenvalue weighted by Crippen LogP contribution is 2.38. The molecule has 1 fully saturated rings. The summed E-state index contributed by atoms with van der Waals surface area (Å²) in [6, 6.07) is 0. The maximum Gasteiger partial charge on any atom is 0.192 e. The van der Waals surface area contributed by atoms with Crippen LogP contribution >= 0.6 is 0 Å². The minimum atomic E-state index is -1.69. The van der Waals surface area contributed by atoms with Gasteiger partial charge in [0.05, 0.1) is 12.2 Å². The van der Waals surface area contributed by atoms with Crippen molar-refractivity contribution < 1.29 is 13.9 Å². The molecule has 0 aromatic carbocycles. The molecule has 0 bridgehead atoms. The van der Waals surface area contributed by atoms with Crippen molar-refractivity contribution in [1.29, 1.82) is 0 Å². The fraction of sp³-hybridized carbons (Fsp3) is 0.875. The number of rotatable bonds is 4. The standard InChI is InChI=1S/C16H30O3Si/c1-16(2,3)20(4,5)19-14-10-9-13(12-14)18-15-8-6-7-11-17-15/h9-10,13-15H,6-8,11-12H2,1-5H3. The lowest BCUT2D eigenvalue weighted by Crippen LogP contribution is -2.43. The largest absolute Gasteiger partial charge is 0.410 e. The van der Waals surface area contributed by atoms with E-state index in [1.807, 2.05) is 0 Å². The third kappa shape index (κ3) is 4.17. The van der Waals surface area contributed by atoms with E-state index in [4.69, 9.17) is 13.9 Å². The summed E-state index contributed by atoms with van der Waals surface area (Å²) in [6.45, 7) is 12.3. The Bertz CT molecular complexity index is 340. The topological polar surface area (TPSA) is 27.7 Å². The molecule has 1 aliphatic heterocycles. The second-order valence-electron chi connectivity index (χ2n) is 7.51. The molecule has 2 rings (SSSR count). The molecule has 0 aromatic rings. The van der Waals surface area contributed by atoms with Crippen molar-refractivity contribution in [1.82, 2.24) is 0 Å². The van der Waals surface area contributed by atoms with Crippen LogP contribution in [0.4, 0.5) is 0 Å². The van der Waals surface area contributed by atoms with Gasteiger partial charge in [-0.2, -0.15) is 0 Å². The molecule has 1 aliphatic carbocycles. The SMILES string of the molecule is CC(C)(C)[Si](C)(C)OC1C=CC(OC2CCCCO2)C1. The highest BCUT2D eigenvalue weighted by molar-refractivity contribution is 6.74. The quantitative estimate of drug-likeness (QED) is 0.573. The first-order chi connectivity index (χ1) is 9.28. The van der Waals surface area contributed by atoms with Crippen molar-refractivity contribution in [3.8, 4) is 0 Å². The third-order valence-electron chi connectivity index (χ3n) is 4.72. The van der Waals surface area contributed by atoms with Crippen LogP contribution in [0.1, 0.15) is 46.5 Å². The van der Waals surface area contributed by atoms with Gasteiger partial charge in [0.25, 0.3) is 0 Å². The monoisotopic (exact) mass is 298 g/mol. The Hall–Kier alpha value is -0.163. The molecule has 3 nitrogen and oxygen atoms in total. The van der Waals surface area contributed by atoms with Gasteiger partial charge in [-0.15, -0.1) is 0 Å². The van der Waals surface area contributed by atoms with E-state index in [1.165, 1.54) is 6.42 Å². The first kappa shape index (κ1) is 16.2. The number of hydrogen-bond donors (Lipinski definition) is 0. The van der Waals surface area contributed by atoms with Gasteiger partial charge in [-0.1, -0.05) is 32.9 Å². The molecule has 0 saturated carbocycles. The Labute approximate surface area is 124 Å². The van der Waals surface area contributed by atoms with Crippen LogP contribution in [0, 0.1) is 0 Å². The van der Waals surface area contributed by atoms with Crippen LogP contribution in [0.3, 0.4) is 0 Å². The van der Waals surface area contributed by atoms with Crippen molar-refractivity contribution in [2.24, 2.45) is 0 Å². The molecule has 3 unspecified atom stereocenters. The second-order valence-corrected chi connectivity index (χ2v) is 12.3. The fourth-order valence-corrected chi connectivity index (χ4v) is 3.68. The Morgan fingerprint density at radius 3 is 2.40 bits per heavy atom. The number of hydrogen-bond acceptors (Lipinski definition) is 3. The fourth-order valence-electron chi connectivity index (χ4n) is 2.39. The van der Waals surface area contributed by atoms with Gasteiger partial charge < -0.3 is 13.9 Å². The molecule has 0 N–H and O–H groups in total. The van der Waals surface area contributed by atoms with Crippen molar-refractivity contribution in [2.75, 3.05) is 6.61 Å². The van der Waals surface area contributed by atoms with E-state index < -0.39 is 8.32 Å². The Morgan fingerprint density at radius 2 is 1.80 bits per heavy atom. The molecule has 1 heterocycles. The summed E-state index contributed by atoms with van der Waals surface area (Å²) in [4.78, 5) is 0. The van der Waals surface area contributed by atoms with E-state index in [-0.39, 0.29) is 23.5 Å². The molecule has 116 valence electrons. The summed E-state index contributed by atoms with van der Waals surface area (Å²) < 4.78 is 18.1. The molecule has 3 atom stereocenters. The molecule has 0 aromatic heterocycles. The number of ether oxygens (including phenoxy) is 2. The maximum absolute atomic E-state index is 6.41. The summed E-state index contributed by atoms with van der Waals surface area (Å²) in [5.74, 6) is 0. The van der Waals surface area contributed by atoms with Crippen LogP contribution in [0.15, 0.2) is 12.2 Å². The molecule has 0 amide bonds. The summed E-state index contributed by atoms with van der Waals surface area (Å²) in [5.41, 5.74) is 0. The molecule has 0 spiro atoms. The molecule has 2 aliphatic rings. The summed E-state index contributed by atoms with van der Waals surface area (Å²) in [5, 5.41) is 0.256. The van der Waals surface area contributed by atoms with E-state index in [2.05, 4.69) is 46.0 Å². The molecular formula is C16H30O3Si. The van der Waals surface area contributed by atoms with Gasteiger partial charge in [-0.05, 0) is 37.4 Å². The van der Waals surface area contributed by atoms with Gasteiger partial charge >= 0.3 is 0 Å². The minimum Gasteiger partial charge on any atom is -0.410 e. The predicted molar refractivity (Wildman–Crippen MR) is 84.3 cm³/mol. The minimum absolute atomic E-state index is 0.00924. The highest BCUT2D eigenvalue weighted by Gasteiger charge is 2.40. The third-order valence-corrected chi connectivity index (χ3v) is 9.23. The summed E-state index contributed by atoms with van der Waals surface area (Å²) in [6.07, 6.45) is 9.03. The molecular weight excluding hydrogens is 268 g/mol. The van der Waals surface area contributed by atoms with Gasteiger partial charge in [0, 0.05) is 13.0 Å². The van der Waals surface area contributed by atoms with Crippen LogP contribution < -0.4 is 0 Å². The van der Waals surface area contributed by atoms with Crippen LogP contribution in [-0.4, -0.2) is 33.4 Å². The Kier molecular flexibility index (Phi) is 5.11.